The van der Waals surface area contributed by atoms with Gasteiger partial charge in [0.15, 0.2) is 6.10 Å². The fourth-order valence-corrected chi connectivity index (χ4v) is 6.23. The number of allylic oxidation sites excluding steroid dienone is 12. The Kier molecular flexibility index (Phi) is 43.0. The van der Waals surface area contributed by atoms with E-state index >= 15 is 0 Å². The van der Waals surface area contributed by atoms with E-state index in [9.17, 15) is 14.4 Å². The molecule has 0 heterocycles. The maximum Gasteiger partial charge on any atom is 0.306 e. The largest absolute Gasteiger partial charge is 0.462 e. The summed E-state index contributed by atoms with van der Waals surface area (Å²) in [6.45, 7) is 6.35. The van der Waals surface area contributed by atoms with Crippen molar-refractivity contribution in [3.05, 3.63) is 72.9 Å². The third-order valence-corrected chi connectivity index (χ3v) is 9.71. The van der Waals surface area contributed by atoms with Crippen LogP contribution < -0.4 is 0 Å². The van der Waals surface area contributed by atoms with E-state index in [4.69, 9.17) is 14.2 Å². The predicted octanol–water partition coefficient (Wildman–Crippen LogP) is 15.1. The van der Waals surface area contributed by atoms with Gasteiger partial charge in [-0.2, -0.15) is 0 Å². The van der Waals surface area contributed by atoms with Crippen LogP contribution in [0.1, 0.15) is 213 Å². The molecule has 0 aromatic rings. The fourth-order valence-electron chi connectivity index (χ4n) is 6.23. The number of esters is 3. The van der Waals surface area contributed by atoms with E-state index in [0.717, 1.165) is 109 Å². The van der Waals surface area contributed by atoms with Gasteiger partial charge in [-0.3, -0.25) is 14.4 Å². The highest BCUT2D eigenvalue weighted by Crippen LogP contribution is 2.14. The van der Waals surface area contributed by atoms with Gasteiger partial charge in [-0.05, 0) is 83.5 Å². The second-order valence-electron chi connectivity index (χ2n) is 15.3. The minimum Gasteiger partial charge on any atom is -0.462 e. The van der Waals surface area contributed by atoms with Crippen LogP contribution in [0.15, 0.2) is 72.9 Å². The number of rotatable bonds is 41. The number of carbonyl (C=O) groups is 3. The molecule has 0 aromatic heterocycles. The molecule has 57 heavy (non-hydrogen) atoms. The molecule has 0 aromatic carbocycles. The maximum atomic E-state index is 12.7. The van der Waals surface area contributed by atoms with Crippen LogP contribution in [0.4, 0.5) is 0 Å². The van der Waals surface area contributed by atoms with Crippen LogP contribution in [0.3, 0.4) is 0 Å². The van der Waals surface area contributed by atoms with Crippen molar-refractivity contribution in [2.75, 3.05) is 13.2 Å². The summed E-state index contributed by atoms with van der Waals surface area (Å²) in [5, 5.41) is 0. The van der Waals surface area contributed by atoms with Gasteiger partial charge in [0.05, 0.1) is 0 Å². The van der Waals surface area contributed by atoms with Crippen LogP contribution >= 0.6 is 0 Å². The van der Waals surface area contributed by atoms with Gasteiger partial charge in [0.2, 0.25) is 0 Å². The standard InChI is InChI=1S/C51H86O6/c1-4-7-10-13-16-19-21-23-25-26-28-29-32-35-38-41-44-50(53)56-47-48(46-55-49(52)43-40-37-34-31-18-15-12-9-6-3)57-51(54)45-42-39-36-33-30-27-24-22-20-17-14-11-8-5-2/h7-8,10-11,16-17,19-20,23,25,28-29,48H,4-6,9,12-15,18,21-22,24,26-27,30-47H2,1-3H3/b10-7-,11-8-,19-16-,20-17-,25-23-,29-28-. The number of carbonyl (C=O) groups excluding carboxylic acids is 3. The van der Waals surface area contributed by atoms with E-state index in [0.29, 0.717) is 19.3 Å². The molecule has 1 atom stereocenters. The molecule has 0 bridgehead atoms. The Balaban J connectivity index is 4.42. The number of hydrogen-bond acceptors (Lipinski definition) is 6. The van der Waals surface area contributed by atoms with E-state index in [1.807, 2.05) is 0 Å². The van der Waals surface area contributed by atoms with Crippen molar-refractivity contribution < 1.29 is 28.6 Å². The van der Waals surface area contributed by atoms with Gasteiger partial charge in [0.1, 0.15) is 13.2 Å². The zero-order valence-electron chi connectivity index (χ0n) is 37.1. The van der Waals surface area contributed by atoms with Gasteiger partial charge in [-0.25, -0.2) is 0 Å². The first-order valence-electron chi connectivity index (χ1n) is 23.4. The van der Waals surface area contributed by atoms with Crippen molar-refractivity contribution in [3.8, 4) is 0 Å². The molecule has 0 aliphatic heterocycles. The SMILES string of the molecule is CC/C=C\C/C=C\C/C=C\C/C=C\CCCCCC(=O)OCC(COC(=O)CCCCCCCCCCC)OC(=O)CCCCCCCCC/C=C\C/C=C\CC. The fraction of sp³-hybridized carbons (Fsp3) is 0.706. The molecule has 0 radical (unpaired) electrons. The summed E-state index contributed by atoms with van der Waals surface area (Å²) in [7, 11) is 0. The quantitative estimate of drug-likeness (QED) is 0.0265. The first-order valence-corrected chi connectivity index (χ1v) is 23.4. The summed E-state index contributed by atoms with van der Waals surface area (Å²) in [5.41, 5.74) is 0. The molecule has 1 unspecified atom stereocenters. The van der Waals surface area contributed by atoms with Gasteiger partial charge >= 0.3 is 17.9 Å². The van der Waals surface area contributed by atoms with Crippen molar-refractivity contribution in [2.45, 2.75) is 219 Å². The van der Waals surface area contributed by atoms with Gasteiger partial charge in [-0.15, -0.1) is 0 Å². The Morgan fingerprint density at radius 2 is 0.684 bits per heavy atom. The lowest BCUT2D eigenvalue weighted by molar-refractivity contribution is -0.167. The van der Waals surface area contributed by atoms with E-state index in [1.54, 1.807) is 0 Å². The Bertz CT molecular complexity index is 1100. The Morgan fingerprint density at radius 1 is 0.368 bits per heavy atom. The van der Waals surface area contributed by atoms with Crippen LogP contribution in [0, 0.1) is 0 Å². The lowest BCUT2D eigenvalue weighted by Crippen LogP contribution is -2.30. The topological polar surface area (TPSA) is 78.9 Å². The molecule has 6 nitrogen and oxygen atoms in total. The lowest BCUT2D eigenvalue weighted by Gasteiger charge is -2.18. The van der Waals surface area contributed by atoms with Crippen LogP contribution in [0.2, 0.25) is 0 Å². The van der Waals surface area contributed by atoms with Gasteiger partial charge in [-0.1, -0.05) is 184 Å². The third-order valence-electron chi connectivity index (χ3n) is 9.71. The molecule has 0 saturated carbocycles. The molecule has 0 saturated heterocycles. The summed E-state index contributed by atoms with van der Waals surface area (Å²) in [6.07, 6.45) is 56.0. The normalized spacial score (nSPS) is 12.7. The summed E-state index contributed by atoms with van der Waals surface area (Å²) in [4.78, 5) is 37.7. The average Bonchev–Trinajstić information content (AvgIpc) is 3.21. The molecule has 0 aliphatic rings. The van der Waals surface area contributed by atoms with Crippen molar-refractivity contribution in [1.29, 1.82) is 0 Å². The Hall–Kier alpha value is -3.15. The van der Waals surface area contributed by atoms with E-state index in [2.05, 4.69) is 93.7 Å². The van der Waals surface area contributed by atoms with Crippen molar-refractivity contribution >= 4 is 17.9 Å². The predicted molar refractivity (Wildman–Crippen MR) is 242 cm³/mol. The smallest absolute Gasteiger partial charge is 0.306 e. The first kappa shape index (κ1) is 53.9. The zero-order valence-corrected chi connectivity index (χ0v) is 37.1. The van der Waals surface area contributed by atoms with Gasteiger partial charge in [0, 0.05) is 19.3 Å². The molecule has 0 rings (SSSR count). The van der Waals surface area contributed by atoms with Crippen molar-refractivity contribution in [2.24, 2.45) is 0 Å². The first-order chi connectivity index (χ1) is 28.0. The zero-order chi connectivity index (χ0) is 41.5. The molecule has 6 heteroatoms. The highest BCUT2D eigenvalue weighted by Gasteiger charge is 2.19. The molecule has 326 valence electrons. The van der Waals surface area contributed by atoms with E-state index in [1.165, 1.54) is 64.2 Å². The summed E-state index contributed by atoms with van der Waals surface area (Å²) < 4.78 is 16.7. The molecule has 0 spiro atoms. The summed E-state index contributed by atoms with van der Waals surface area (Å²) >= 11 is 0. The number of hydrogen-bond donors (Lipinski definition) is 0. The minimum atomic E-state index is -0.789. The van der Waals surface area contributed by atoms with Gasteiger partial charge in [0.25, 0.3) is 0 Å². The van der Waals surface area contributed by atoms with E-state index in [-0.39, 0.29) is 31.1 Å². The Labute approximate surface area is 351 Å². The van der Waals surface area contributed by atoms with Crippen LogP contribution in [0.25, 0.3) is 0 Å². The Morgan fingerprint density at radius 3 is 1.09 bits per heavy atom. The van der Waals surface area contributed by atoms with Crippen LogP contribution in [0.5, 0.6) is 0 Å². The molecule has 0 fully saturated rings. The number of ether oxygens (including phenoxy) is 3. The van der Waals surface area contributed by atoms with Crippen LogP contribution in [-0.2, 0) is 28.6 Å². The summed E-state index contributed by atoms with van der Waals surface area (Å²) in [6, 6.07) is 0. The lowest BCUT2D eigenvalue weighted by atomic mass is 10.1. The molecular formula is C51H86O6. The second kappa shape index (κ2) is 45.6. The van der Waals surface area contributed by atoms with Crippen molar-refractivity contribution in [1.82, 2.24) is 0 Å². The molecule has 0 aliphatic carbocycles. The highest BCUT2D eigenvalue weighted by molar-refractivity contribution is 5.71. The summed E-state index contributed by atoms with van der Waals surface area (Å²) in [5.74, 6) is -0.936. The number of unbranched alkanes of at least 4 members (excludes halogenated alkanes) is 18. The van der Waals surface area contributed by atoms with Crippen molar-refractivity contribution in [3.63, 3.8) is 0 Å². The molecule has 0 amide bonds. The van der Waals surface area contributed by atoms with Crippen LogP contribution in [-0.4, -0.2) is 37.2 Å². The maximum absolute atomic E-state index is 12.7. The average molecular weight is 795 g/mol. The third kappa shape index (κ3) is 43.8. The minimum absolute atomic E-state index is 0.0885. The molecule has 0 N–H and O–H groups in total. The highest BCUT2D eigenvalue weighted by atomic mass is 16.6. The van der Waals surface area contributed by atoms with Gasteiger partial charge < -0.3 is 14.2 Å². The second-order valence-corrected chi connectivity index (χ2v) is 15.3. The van der Waals surface area contributed by atoms with E-state index < -0.39 is 6.10 Å². The molecular weight excluding hydrogens is 709 g/mol. The monoisotopic (exact) mass is 795 g/mol.